The van der Waals surface area contributed by atoms with E-state index in [4.69, 9.17) is 22.7 Å². The second-order valence-corrected chi connectivity index (χ2v) is 3.72. The van der Waals surface area contributed by atoms with Gasteiger partial charge in [0.15, 0.2) is 5.75 Å². The van der Waals surface area contributed by atoms with Crippen LogP contribution in [0.2, 0.25) is 0 Å². The molecule has 0 amide bonds. The number of nitrogens with zero attached hydrogens (tertiary/aromatic N) is 3. The highest BCUT2D eigenvalue weighted by atomic mass is 32.1. The second kappa shape index (κ2) is 4.84. The lowest BCUT2D eigenvalue weighted by Gasteiger charge is -2.06. The van der Waals surface area contributed by atoms with Crippen LogP contribution in [-0.2, 0) is 0 Å². The maximum atomic E-state index is 5.50. The van der Waals surface area contributed by atoms with Crippen molar-refractivity contribution in [1.29, 1.82) is 0 Å². The van der Waals surface area contributed by atoms with Gasteiger partial charge in [-0.05, 0) is 25.1 Å². The van der Waals surface area contributed by atoms with Crippen molar-refractivity contribution in [2.75, 3.05) is 0 Å². The molecule has 0 aromatic carbocycles. The molecular weight excluding hydrogens is 236 g/mol. The number of aryl methyl sites for hydroxylation is 1. The number of rotatable bonds is 3. The largest absolute Gasteiger partial charge is 0.422 e. The minimum absolute atomic E-state index is 0.200. The minimum atomic E-state index is 0.200. The molecule has 86 valence electrons. The molecule has 2 heterocycles. The van der Waals surface area contributed by atoms with Crippen LogP contribution >= 0.6 is 12.2 Å². The molecule has 0 atom stereocenters. The Morgan fingerprint density at radius 2 is 2.12 bits per heavy atom. The Morgan fingerprint density at radius 3 is 2.82 bits per heavy atom. The van der Waals surface area contributed by atoms with Gasteiger partial charge in [-0.3, -0.25) is 4.98 Å². The van der Waals surface area contributed by atoms with Gasteiger partial charge in [-0.25, -0.2) is 4.98 Å². The molecule has 0 radical (unpaired) electrons. The van der Waals surface area contributed by atoms with E-state index in [-0.39, 0.29) is 11.0 Å². The molecule has 5 nitrogen and oxygen atoms in total. The first kappa shape index (κ1) is 11.4. The molecule has 0 spiro atoms. The third kappa shape index (κ3) is 2.73. The van der Waals surface area contributed by atoms with Crippen LogP contribution in [-0.4, -0.2) is 19.9 Å². The molecule has 0 bridgehead atoms. The van der Waals surface area contributed by atoms with Crippen molar-refractivity contribution in [3.63, 3.8) is 0 Å². The Labute approximate surface area is 104 Å². The Kier molecular flexibility index (Phi) is 3.24. The molecule has 0 aliphatic heterocycles. The fraction of sp³-hybridized carbons (Fsp3) is 0.0909. The standard InChI is InChI=1S/C11H10N4OS/c1-7-9(3-2-5-13-7)16-11-14-6-4-8(15-11)10(12)17/h2-6H,1H3,(H2,12,17). The maximum absolute atomic E-state index is 5.50. The quantitative estimate of drug-likeness (QED) is 0.829. The summed E-state index contributed by atoms with van der Waals surface area (Å²) >= 11 is 4.83. The molecule has 2 rings (SSSR count). The van der Waals surface area contributed by atoms with Gasteiger partial charge in [-0.15, -0.1) is 0 Å². The van der Waals surface area contributed by atoms with E-state index in [1.165, 1.54) is 0 Å². The lowest BCUT2D eigenvalue weighted by molar-refractivity contribution is 0.435. The molecule has 17 heavy (non-hydrogen) atoms. The highest BCUT2D eigenvalue weighted by molar-refractivity contribution is 7.80. The van der Waals surface area contributed by atoms with E-state index < -0.39 is 0 Å². The van der Waals surface area contributed by atoms with Crippen molar-refractivity contribution >= 4 is 17.2 Å². The summed E-state index contributed by atoms with van der Waals surface area (Å²) in [5.74, 6) is 0.604. The molecule has 2 aromatic heterocycles. The second-order valence-electron chi connectivity index (χ2n) is 3.28. The molecule has 2 aromatic rings. The van der Waals surface area contributed by atoms with E-state index in [1.807, 2.05) is 6.92 Å². The first-order chi connectivity index (χ1) is 8.16. The van der Waals surface area contributed by atoms with Gasteiger partial charge in [-0.1, -0.05) is 12.2 Å². The number of pyridine rings is 1. The van der Waals surface area contributed by atoms with Crippen LogP contribution < -0.4 is 10.5 Å². The van der Waals surface area contributed by atoms with E-state index in [1.54, 1.807) is 30.6 Å². The van der Waals surface area contributed by atoms with Crippen LogP contribution in [0.4, 0.5) is 0 Å². The summed E-state index contributed by atoms with van der Waals surface area (Å²) in [4.78, 5) is 12.4. The van der Waals surface area contributed by atoms with Gasteiger partial charge in [0.1, 0.15) is 10.7 Å². The molecule has 0 saturated carbocycles. The molecule has 0 fully saturated rings. The van der Waals surface area contributed by atoms with Crippen LogP contribution in [0, 0.1) is 6.92 Å². The zero-order chi connectivity index (χ0) is 12.3. The normalized spacial score (nSPS) is 9.94. The number of ether oxygens (including phenoxy) is 1. The summed E-state index contributed by atoms with van der Waals surface area (Å²) in [6, 6.07) is 5.40. The number of hydrogen-bond donors (Lipinski definition) is 1. The van der Waals surface area contributed by atoms with Gasteiger partial charge in [0.2, 0.25) is 0 Å². The molecular formula is C11H10N4OS. The lowest BCUT2D eigenvalue weighted by atomic mass is 10.3. The molecule has 0 aliphatic rings. The lowest BCUT2D eigenvalue weighted by Crippen LogP contribution is -2.12. The van der Waals surface area contributed by atoms with Gasteiger partial charge >= 0.3 is 6.01 Å². The van der Waals surface area contributed by atoms with E-state index in [2.05, 4.69) is 15.0 Å². The third-order valence-corrected chi connectivity index (χ3v) is 2.25. The van der Waals surface area contributed by atoms with Crippen LogP contribution in [0.3, 0.4) is 0 Å². The summed E-state index contributed by atoms with van der Waals surface area (Å²) in [6.45, 7) is 1.84. The first-order valence-electron chi connectivity index (χ1n) is 4.89. The van der Waals surface area contributed by atoms with E-state index in [0.29, 0.717) is 11.4 Å². The van der Waals surface area contributed by atoms with Crippen molar-refractivity contribution < 1.29 is 4.74 Å². The van der Waals surface area contributed by atoms with E-state index >= 15 is 0 Å². The molecule has 6 heteroatoms. The van der Waals surface area contributed by atoms with Gasteiger partial charge in [-0.2, -0.15) is 4.98 Å². The topological polar surface area (TPSA) is 73.9 Å². The Hall–Kier alpha value is -2.08. The predicted octanol–water partition coefficient (Wildman–Crippen LogP) is 1.61. The Morgan fingerprint density at radius 1 is 1.29 bits per heavy atom. The summed E-state index contributed by atoms with van der Waals surface area (Å²) in [6.07, 6.45) is 3.23. The highest BCUT2D eigenvalue weighted by Gasteiger charge is 2.06. The number of nitrogens with two attached hydrogens (primary N) is 1. The fourth-order valence-electron chi connectivity index (χ4n) is 1.20. The van der Waals surface area contributed by atoms with Gasteiger partial charge in [0.25, 0.3) is 0 Å². The van der Waals surface area contributed by atoms with E-state index in [0.717, 1.165) is 5.69 Å². The van der Waals surface area contributed by atoms with Crippen molar-refractivity contribution in [2.45, 2.75) is 6.92 Å². The van der Waals surface area contributed by atoms with Crippen LogP contribution in [0.5, 0.6) is 11.8 Å². The Balaban J connectivity index is 2.28. The Bertz CT molecular complexity index is 559. The van der Waals surface area contributed by atoms with Crippen molar-refractivity contribution in [2.24, 2.45) is 5.73 Å². The van der Waals surface area contributed by atoms with Crippen LogP contribution in [0.15, 0.2) is 30.6 Å². The smallest absolute Gasteiger partial charge is 0.322 e. The van der Waals surface area contributed by atoms with Crippen molar-refractivity contribution in [1.82, 2.24) is 15.0 Å². The minimum Gasteiger partial charge on any atom is -0.422 e. The summed E-state index contributed by atoms with van der Waals surface area (Å²) < 4.78 is 5.50. The molecule has 0 aliphatic carbocycles. The average molecular weight is 246 g/mol. The predicted molar refractivity (Wildman–Crippen MR) is 67.0 cm³/mol. The SMILES string of the molecule is Cc1ncccc1Oc1nccc(C(N)=S)n1. The van der Waals surface area contributed by atoms with Gasteiger partial charge in [0.05, 0.1) is 5.69 Å². The summed E-state index contributed by atoms with van der Waals surface area (Å²) in [5.41, 5.74) is 6.72. The zero-order valence-electron chi connectivity index (χ0n) is 9.12. The zero-order valence-corrected chi connectivity index (χ0v) is 9.94. The first-order valence-corrected chi connectivity index (χ1v) is 5.30. The van der Waals surface area contributed by atoms with E-state index in [9.17, 15) is 0 Å². The average Bonchev–Trinajstić information content (AvgIpc) is 2.32. The highest BCUT2D eigenvalue weighted by Crippen LogP contribution is 2.19. The van der Waals surface area contributed by atoms with Crippen molar-refractivity contribution in [3.8, 4) is 11.8 Å². The van der Waals surface area contributed by atoms with Gasteiger partial charge in [0, 0.05) is 12.4 Å². The molecule has 0 unspecified atom stereocenters. The summed E-state index contributed by atoms with van der Waals surface area (Å²) in [7, 11) is 0. The molecule has 0 saturated heterocycles. The monoisotopic (exact) mass is 246 g/mol. The maximum Gasteiger partial charge on any atom is 0.322 e. The fourth-order valence-corrected chi connectivity index (χ4v) is 1.32. The number of hydrogen-bond acceptors (Lipinski definition) is 5. The van der Waals surface area contributed by atoms with Gasteiger partial charge < -0.3 is 10.5 Å². The summed E-state index contributed by atoms with van der Waals surface area (Å²) in [5, 5.41) is 0. The third-order valence-electron chi connectivity index (χ3n) is 2.05. The number of aromatic nitrogens is 3. The van der Waals surface area contributed by atoms with Crippen LogP contribution in [0.25, 0.3) is 0 Å². The number of thiocarbonyl (C=S) groups is 1. The van der Waals surface area contributed by atoms with Crippen molar-refractivity contribution in [3.05, 3.63) is 42.0 Å². The van der Waals surface area contributed by atoms with Crippen LogP contribution in [0.1, 0.15) is 11.4 Å². The molecule has 2 N–H and O–H groups in total.